The molecule has 24 heavy (non-hydrogen) atoms. The molecular formula is C15H13N3O5S. The van der Waals surface area contributed by atoms with E-state index in [1.165, 1.54) is 40.4 Å². The molecule has 1 aromatic carbocycles. The molecule has 9 heteroatoms. The molecule has 2 aromatic heterocycles. The largest absolute Gasteiger partial charge is 0.491 e. The zero-order valence-corrected chi connectivity index (χ0v) is 13.2. The summed E-state index contributed by atoms with van der Waals surface area (Å²) in [5.41, 5.74) is 0.318. The minimum absolute atomic E-state index is 0.0224. The summed E-state index contributed by atoms with van der Waals surface area (Å²) in [6.07, 6.45) is 0.426. The topological polar surface area (TPSA) is 107 Å². The maximum atomic E-state index is 12.2. The Kier molecular flexibility index (Phi) is 4.54. The van der Waals surface area contributed by atoms with Gasteiger partial charge in [-0.2, -0.15) is 0 Å². The van der Waals surface area contributed by atoms with Crippen LogP contribution in [0.2, 0.25) is 0 Å². The highest BCUT2D eigenvalue weighted by atomic mass is 32.1. The molecule has 8 nitrogen and oxygen atoms in total. The predicted molar refractivity (Wildman–Crippen MR) is 88.5 cm³/mol. The van der Waals surface area contributed by atoms with Gasteiger partial charge in [-0.1, -0.05) is 6.07 Å². The molecule has 0 saturated carbocycles. The number of benzene rings is 1. The lowest BCUT2D eigenvalue weighted by Crippen LogP contribution is -2.30. The van der Waals surface area contributed by atoms with Crippen LogP contribution in [0.15, 0.2) is 46.8 Å². The van der Waals surface area contributed by atoms with Gasteiger partial charge in [0.1, 0.15) is 23.2 Å². The number of aliphatic hydroxyl groups is 1. The third kappa shape index (κ3) is 3.42. The number of fused-ring (bicyclic) bond motifs is 1. The minimum Gasteiger partial charge on any atom is -0.491 e. The lowest BCUT2D eigenvalue weighted by atomic mass is 10.3. The van der Waals surface area contributed by atoms with Crippen LogP contribution in [-0.4, -0.2) is 32.3 Å². The fourth-order valence-electron chi connectivity index (χ4n) is 2.17. The monoisotopic (exact) mass is 347 g/mol. The highest BCUT2D eigenvalue weighted by Crippen LogP contribution is 2.19. The van der Waals surface area contributed by atoms with Gasteiger partial charge in [-0.3, -0.25) is 19.5 Å². The maximum absolute atomic E-state index is 12.2. The summed E-state index contributed by atoms with van der Waals surface area (Å²) in [5.74, 6) is 0.280. The van der Waals surface area contributed by atoms with Gasteiger partial charge in [-0.05, 0) is 17.5 Å². The average molecular weight is 347 g/mol. The summed E-state index contributed by atoms with van der Waals surface area (Å²) in [6.45, 7) is -0.0787. The quantitative estimate of drug-likeness (QED) is 0.538. The first-order chi connectivity index (χ1) is 11.5. The Hall–Kier alpha value is -2.78. The third-order valence-corrected chi connectivity index (χ3v) is 4.21. The molecule has 124 valence electrons. The molecule has 0 amide bonds. The number of aliphatic hydroxyl groups excluding tert-OH is 1. The Bertz CT molecular complexity index is 936. The van der Waals surface area contributed by atoms with Crippen LogP contribution in [0.3, 0.4) is 0 Å². The molecule has 0 radical (unpaired) electrons. The number of thiophene rings is 1. The van der Waals surface area contributed by atoms with E-state index >= 15 is 0 Å². The van der Waals surface area contributed by atoms with Gasteiger partial charge < -0.3 is 9.84 Å². The smallest absolute Gasteiger partial charge is 0.273 e. The van der Waals surface area contributed by atoms with Crippen molar-refractivity contribution in [3.05, 3.63) is 62.5 Å². The van der Waals surface area contributed by atoms with Gasteiger partial charge in [-0.15, -0.1) is 11.3 Å². The normalized spacial score (nSPS) is 12.2. The summed E-state index contributed by atoms with van der Waals surface area (Å²) in [4.78, 5) is 26.6. The molecule has 3 aromatic rings. The summed E-state index contributed by atoms with van der Waals surface area (Å²) >= 11 is 1.30. The van der Waals surface area contributed by atoms with Crippen molar-refractivity contribution in [1.29, 1.82) is 0 Å². The average Bonchev–Trinajstić information content (AvgIpc) is 3.05. The zero-order valence-electron chi connectivity index (χ0n) is 12.4. The zero-order chi connectivity index (χ0) is 17.1. The number of hydrogen-bond acceptors (Lipinski definition) is 7. The summed E-state index contributed by atoms with van der Waals surface area (Å²) < 4.78 is 7.21. The number of rotatable bonds is 6. The molecule has 3 rings (SSSR count). The lowest BCUT2D eigenvalue weighted by Gasteiger charge is -2.13. The summed E-state index contributed by atoms with van der Waals surface area (Å²) in [7, 11) is 0. The standard InChI is InChI=1S/C15H13N3O5S/c19-11(8-23-12-3-1-2-10(6-12)18(21)22)7-17-9-16-13-4-5-24-14(13)15(17)20/h1-6,9,11,19H,7-8H2. The molecule has 1 N–H and O–H groups in total. The molecule has 0 saturated heterocycles. The summed E-state index contributed by atoms with van der Waals surface area (Å²) in [6, 6.07) is 7.45. The predicted octanol–water partition coefficient (Wildman–Crippen LogP) is 1.81. The maximum Gasteiger partial charge on any atom is 0.273 e. The number of hydrogen-bond donors (Lipinski definition) is 1. The highest BCUT2D eigenvalue weighted by molar-refractivity contribution is 7.17. The molecule has 1 atom stereocenters. The van der Waals surface area contributed by atoms with E-state index in [1.54, 1.807) is 17.5 Å². The Morgan fingerprint density at radius 2 is 2.25 bits per heavy atom. The molecule has 0 spiro atoms. The van der Waals surface area contributed by atoms with Crippen molar-refractivity contribution in [1.82, 2.24) is 9.55 Å². The second kappa shape index (κ2) is 6.77. The van der Waals surface area contributed by atoms with Gasteiger partial charge in [0.25, 0.3) is 11.2 Å². The molecule has 0 fully saturated rings. The van der Waals surface area contributed by atoms with Crippen LogP contribution < -0.4 is 10.3 Å². The number of nitrogens with zero attached hydrogens (tertiary/aromatic N) is 3. The lowest BCUT2D eigenvalue weighted by molar-refractivity contribution is -0.384. The van der Waals surface area contributed by atoms with E-state index in [0.29, 0.717) is 10.2 Å². The first kappa shape index (κ1) is 16.1. The molecular weight excluding hydrogens is 334 g/mol. The Morgan fingerprint density at radius 1 is 1.42 bits per heavy atom. The molecule has 2 heterocycles. The van der Waals surface area contributed by atoms with Crippen LogP contribution >= 0.6 is 11.3 Å². The highest BCUT2D eigenvalue weighted by Gasteiger charge is 2.12. The van der Waals surface area contributed by atoms with Crippen molar-refractivity contribution in [3.63, 3.8) is 0 Å². The van der Waals surface area contributed by atoms with Gasteiger partial charge in [-0.25, -0.2) is 4.98 Å². The Balaban J connectivity index is 1.66. The van der Waals surface area contributed by atoms with E-state index in [1.807, 2.05) is 0 Å². The van der Waals surface area contributed by atoms with E-state index in [2.05, 4.69) is 4.98 Å². The molecule has 0 bridgehead atoms. The Labute approximate surface area is 139 Å². The van der Waals surface area contributed by atoms with Crippen LogP contribution in [0.1, 0.15) is 0 Å². The van der Waals surface area contributed by atoms with E-state index in [9.17, 15) is 20.0 Å². The molecule has 0 aliphatic rings. The van der Waals surface area contributed by atoms with E-state index < -0.39 is 11.0 Å². The van der Waals surface area contributed by atoms with Crippen molar-refractivity contribution in [3.8, 4) is 5.75 Å². The molecule has 0 aliphatic heterocycles. The number of ether oxygens (including phenoxy) is 1. The van der Waals surface area contributed by atoms with Gasteiger partial charge >= 0.3 is 0 Å². The van der Waals surface area contributed by atoms with Crippen molar-refractivity contribution >= 4 is 27.2 Å². The van der Waals surface area contributed by atoms with Gasteiger partial charge in [0, 0.05) is 6.07 Å². The second-order valence-corrected chi connectivity index (χ2v) is 5.97. The molecule has 0 aliphatic carbocycles. The summed E-state index contributed by atoms with van der Waals surface area (Å²) in [5, 5.41) is 22.5. The van der Waals surface area contributed by atoms with E-state index in [-0.39, 0.29) is 30.1 Å². The number of nitro groups is 1. The minimum atomic E-state index is -0.957. The second-order valence-electron chi connectivity index (χ2n) is 5.06. The van der Waals surface area contributed by atoms with Crippen LogP contribution in [0.25, 0.3) is 10.2 Å². The first-order valence-corrected chi connectivity index (χ1v) is 7.90. The van der Waals surface area contributed by atoms with Crippen molar-refractivity contribution in [2.45, 2.75) is 12.6 Å². The molecule has 1 unspecified atom stereocenters. The first-order valence-electron chi connectivity index (χ1n) is 7.02. The van der Waals surface area contributed by atoms with E-state index in [0.717, 1.165) is 0 Å². The van der Waals surface area contributed by atoms with Crippen LogP contribution in [0.4, 0.5) is 5.69 Å². The van der Waals surface area contributed by atoms with Crippen LogP contribution in [0, 0.1) is 10.1 Å². The number of nitro benzene ring substituents is 1. The van der Waals surface area contributed by atoms with E-state index in [4.69, 9.17) is 4.74 Å². The van der Waals surface area contributed by atoms with Gasteiger partial charge in [0.15, 0.2) is 0 Å². The third-order valence-electron chi connectivity index (χ3n) is 3.31. The van der Waals surface area contributed by atoms with Gasteiger partial charge in [0.2, 0.25) is 0 Å². The Morgan fingerprint density at radius 3 is 3.04 bits per heavy atom. The number of aromatic nitrogens is 2. The van der Waals surface area contributed by atoms with Crippen molar-refractivity contribution < 1.29 is 14.8 Å². The van der Waals surface area contributed by atoms with Gasteiger partial charge in [0.05, 0.1) is 29.4 Å². The fraction of sp³-hybridized carbons (Fsp3) is 0.200. The van der Waals surface area contributed by atoms with Crippen LogP contribution in [-0.2, 0) is 6.54 Å². The van der Waals surface area contributed by atoms with Crippen molar-refractivity contribution in [2.24, 2.45) is 0 Å². The van der Waals surface area contributed by atoms with Crippen LogP contribution in [0.5, 0.6) is 5.75 Å². The SMILES string of the molecule is O=c1c2sccc2ncn1CC(O)COc1cccc([N+](=O)[O-])c1. The fourth-order valence-corrected chi connectivity index (χ4v) is 2.96. The van der Waals surface area contributed by atoms with Crippen molar-refractivity contribution in [2.75, 3.05) is 6.61 Å². The number of non-ortho nitro benzene ring substituents is 1.